The van der Waals surface area contributed by atoms with E-state index in [2.05, 4.69) is 0 Å². The van der Waals surface area contributed by atoms with Crippen LogP contribution in [0.3, 0.4) is 0 Å². The third kappa shape index (κ3) is 58.7. The molecule has 0 spiro atoms. The molecule has 0 saturated heterocycles. The van der Waals surface area contributed by atoms with Gasteiger partial charge in [-0.15, -0.1) is 0 Å². The number of hydrogen-bond acceptors (Lipinski definition) is 3. The van der Waals surface area contributed by atoms with Crippen molar-refractivity contribution in [3.63, 3.8) is 0 Å². The number of aliphatic carboxylic acids is 1. The molecule has 0 aliphatic carbocycles. The lowest BCUT2D eigenvalue weighted by molar-refractivity contribution is -0.136. The lowest BCUT2D eigenvalue weighted by Crippen LogP contribution is -1.86. The number of carboxylic acid groups (broad SMARTS) is 1. The van der Waals surface area contributed by atoms with E-state index in [-0.39, 0.29) is 6.42 Å². The van der Waals surface area contributed by atoms with Crippen LogP contribution in [0, 0.1) is 0 Å². The van der Waals surface area contributed by atoms with Gasteiger partial charge in [0.15, 0.2) is 0 Å². The zero-order valence-electron chi connectivity index (χ0n) is 4.38. The maximum Gasteiger partial charge on any atom is 0.549 e. The first-order valence-corrected chi connectivity index (χ1v) is 2.71. The van der Waals surface area contributed by atoms with Crippen LogP contribution in [0.2, 0.25) is 0 Å². The second-order valence-corrected chi connectivity index (χ2v) is 0.997. The van der Waals surface area contributed by atoms with Gasteiger partial charge in [0.05, 0.1) is 0 Å². The monoisotopic (exact) mass is 134 g/mol. The van der Waals surface area contributed by atoms with E-state index in [9.17, 15) is 4.79 Å². The fourth-order valence-electron chi connectivity index (χ4n) is 0. The molecular weight excluding hydrogens is 128 g/mol. The summed E-state index contributed by atoms with van der Waals surface area (Å²) in [5, 5.41) is 7.72. The number of hydrogen-bond donors (Lipinski definition) is 1. The van der Waals surface area contributed by atoms with Crippen LogP contribution in [-0.2, 0) is 13.7 Å². The fourth-order valence-corrected chi connectivity index (χ4v) is 0. The first-order valence-electron chi connectivity index (χ1n) is 1.90. The Morgan fingerprint density at radius 2 is 1.75 bits per heavy atom. The minimum Gasteiger partial charge on any atom is -0.481 e. The average Bonchev–Trinajstić information content (AvgIpc) is 1.69. The van der Waals surface area contributed by atoms with Gasteiger partial charge in [-0.05, 0) is 0 Å². The summed E-state index contributed by atoms with van der Waals surface area (Å²) in [6, 6.07) is 0. The standard InChI is InChI=1S/C3H6O2.O2Si/c1-2-3(4)5;1-3-2/h2H2,1H3,(H,4,5);. The minimum absolute atomic E-state index is 0.222. The van der Waals surface area contributed by atoms with Crippen LogP contribution < -0.4 is 0 Å². The first kappa shape index (κ1) is 10.3. The van der Waals surface area contributed by atoms with Crippen LogP contribution in [0.15, 0.2) is 0 Å². The Bertz CT molecular complexity index is 93.5. The largest absolute Gasteiger partial charge is 0.549 e. The third-order valence-corrected chi connectivity index (χ3v) is 0.302. The smallest absolute Gasteiger partial charge is 0.481 e. The second kappa shape index (κ2) is 9.56. The van der Waals surface area contributed by atoms with Gasteiger partial charge in [0.25, 0.3) is 0 Å². The zero-order chi connectivity index (χ0) is 6.99. The molecule has 5 heteroatoms. The van der Waals surface area contributed by atoms with Crippen molar-refractivity contribution in [1.82, 2.24) is 0 Å². The topological polar surface area (TPSA) is 71.4 Å². The molecule has 0 aliphatic heterocycles. The van der Waals surface area contributed by atoms with E-state index in [0.29, 0.717) is 0 Å². The highest BCUT2D eigenvalue weighted by Gasteiger charge is 1.80. The zero-order valence-corrected chi connectivity index (χ0v) is 5.38. The van der Waals surface area contributed by atoms with Crippen molar-refractivity contribution in [2.45, 2.75) is 13.3 Å². The van der Waals surface area contributed by atoms with E-state index in [4.69, 9.17) is 14.0 Å². The quantitative estimate of drug-likeness (QED) is 0.507. The summed E-state index contributed by atoms with van der Waals surface area (Å²) in [4.78, 5) is 9.37. The van der Waals surface area contributed by atoms with Gasteiger partial charge in [0, 0.05) is 6.42 Å². The van der Waals surface area contributed by atoms with Crippen molar-refractivity contribution in [1.29, 1.82) is 0 Å². The molecule has 0 heterocycles. The molecule has 0 unspecified atom stereocenters. The number of carbonyl (C=O) groups is 1. The average molecular weight is 134 g/mol. The number of rotatable bonds is 1. The summed E-state index contributed by atoms with van der Waals surface area (Å²) >= 11 is 0. The van der Waals surface area contributed by atoms with Crippen molar-refractivity contribution in [2.24, 2.45) is 0 Å². The van der Waals surface area contributed by atoms with E-state index in [1.165, 1.54) is 0 Å². The molecule has 46 valence electrons. The molecule has 0 saturated carbocycles. The van der Waals surface area contributed by atoms with E-state index < -0.39 is 15.3 Å². The van der Waals surface area contributed by atoms with Crippen LogP contribution >= 0.6 is 0 Å². The van der Waals surface area contributed by atoms with Gasteiger partial charge in [0.2, 0.25) is 0 Å². The highest BCUT2D eigenvalue weighted by Crippen LogP contribution is 1.67. The van der Waals surface area contributed by atoms with Gasteiger partial charge in [0.1, 0.15) is 0 Å². The van der Waals surface area contributed by atoms with E-state index in [1.54, 1.807) is 6.92 Å². The van der Waals surface area contributed by atoms with E-state index >= 15 is 0 Å². The molecule has 0 aromatic heterocycles. The van der Waals surface area contributed by atoms with Gasteiger partial charge in [-0.1, -0.05) is 6.92 Å². The first-order chi connectivity index (χ1) is 3.68. The molecule has 0 aromatic rings. The highest BCUT2D eigenvalue weighted by atomic mass is 28.2. The summed E-state index contributed by atoms with van der Waals surface area (Å²) in [7, 11) is -1.42. The lowest BCUT2D eigenvalue weighted by Gasteiger charge is -1.71. The summed E-state index contributed by atoms with van der Waals surface area (Å²) in [5.41, 5.74) is 0. The number of carboxylic acids is 1. The third-order valence-electron chi connectivity index (χ3n) is 0.302. The maximum absolute atomic E-state index is 9.37. The molecule has 0 aliphatic rings. The van der Waals surface area contributed by atoms with E-state index in [1.807, 2.05) is 0 Å². The van der Waals surface area contributed by atoms with Gasteiger partial charge in [-0.25, -0.2) is 0 Å². The Hall–Kier alpha value is -0.713. The second-order valence-electron chi connectivity index (χ2n) is 0.831. The molecule has 0 rings (SSSR count). The Labute approximate surface area is 48.5 Å². The SMILES string of the molecule is CCC(=O)O.O=[Si]=O. The molecule has 8 heavy (non-hydrogen) atoms. The van der Waals surface area contributed by atoms with Crippen LogP contribution in [-0.4, -0.2) is 20.4 Å². The Kier molecular flexibility index (Phi) is 12.3. The predicted molar refractivity (Wildman–Crippen MR) is 25.1 cm³/mol. The molecule has 1 N–H and O–H groups in total. The molecule has 0 aromatic carbocycles. The molecule has 0 atom stereocenters. The van der Waals surface area contributed by atoms with Crippen LogP contribution in [0.25, 0.3) is 0 Å². The maximum atomic E-state index is 9.37. The normalized spacial score (nSPS) is 5.62. The highest BCUT2D eigenvalue weighted by molar-refractivity contribution is 5.94. The summed E-state index contributed by atoms with van der Waals surface area (Å²) in [6.07, 6.45) is 0.222. The van der Waals surface area contributed by atoms with Crippen LogP contribution in [0.1, 0.15) is 13.3 Å². The molecule has 0 bridgehead atoms. The molecule has 4 nitrogen and oxygen atoms in total. The van der Waals surface area contributed by atoms with Crippen molar-refractivity contribution in [3.8, 4) is 0 Å². The molecule has 0 amide bonds. The predicted octanol–water partition coefficient (Wildman–Crippen LogP) is -0.137. The van der Waals surface area contributed by atoms with Crippen molar-refractivity contribution < 1.29 is 18.8 Å². The lowest BCUT2D eigenvalue weighted by atomic mass is 10.5. The van der Waals surface area contributed by atoms with Crippen molar-refractivity contribution in [3.05, 3.63) is 0 Å². The Balaban J connectivity index is 0. The molecular formula is C3H6O4Si. The van der Waals surface area contributed by atoms with Gasteiger partial charge >= 0.3 is 15.3 Å². The molecule has 0 fully saturated rings. The fraction of sp³-hybridized carbons (Fsp3) is 0.667. The van der Waals surface area contributed by atoms with Crippen LogP contribution in [0.5, 0.6) is 0 Å². The Morgan fingerprint density at radius 3 is 1.75 bits per heavy atom. The van der Waals surface area contributed by atoms with Gasteiger partial charge in [-0.2, -0.15) is 0 Å². The summed E-state index contributed by atoms with van der Waals surface area (Å²) < 4.78 is 16.8. The van der Waals surface area contributed by atoms with Crippen molar-refractivity contribution in [2.75, 3.05) is 0 Å². The van der Waals surface area contributed by atoms with Crippen LogP contribution in [0.4, 0.5) is 0 Å². The molecule has 0 radical (unpaired) electrons. The minimum atomic E-state index is -1.42. The summed E-state index contributed by atoms with van der Waals surface area (Å²) in [5.74, 6) is -0.745. The van der Waals surface area contributed by atoms with Gasteiger partial charge in [-0.3, -0.25) is 13.7 Å². The van der Waals surface area contributed by atoms with Gasteiger partial charge < -0.3 is 5.11 Å². The Morgan fingerprint density at radius 1 is 1.62 bits per heavy atom. The summed E-state index contributed by atoms with van der Waals surface area (Å²) in [6.45, 7) is 1.60. The van der Waals surface area contributed by atoms with E-state index in [0.717, 1.165) is 0 Å². The van der Waals surface area contributed by atoms with Crippen molar-refractivity contribution >= 4 is 15.3 Å².